The molecule has 0 aromatic carbocycles. The number of rotatable bonds is 6. The van der Waals surface area contributed by atoms with Crippen molar-refractivity contribution < 1.29 is 9.47 Å². The van der Waals surface area contributed by atoms with Crippen LogP contribution < -0.4 is 10.2 Å². The molecular formula is C16H27N5O2. The maximum atomic E-state index is 5.77. The molecule has 0 bridgehead atoms. The maximum Gasteiger partial charge on any atom is 0.227 e. The molecule has 0 aliphatic carbocycles. The SMILES string of the molecule is CN(C)CCCNc1ccnc(N2CCC3(CC2)OCCO3)n1. The number of nitrogens with one attached hydrogen (secondary N) is 1. The summed E-state index contributed by atoms with van der Waals surface area (Å²) in [5, 5.41) is 3.37. The number of piperidine rings is 1. The van der Waals surface area contributed by atoms with Gasteiger partial charge in [0, 0.05) is 38.7 Å². The van der Waals surface area contributed by atoms with E-state index in [1.807, 2.05) is 12.3 Å². The molecule has 1 spiro atoms. The lowest BCUT2D eigenvalue weighted by Gasteiger charge is -2.37. The molecule has 3 rings (SSSR count). The Morgan fingerprint density at radius 2 is 2.00 bits per heavy atom. The van der Waals surface area contributed by atoms with E-state index in [1.54, 1.807) is 0 Å². The molecule has 2 fully saturated rings. The van der Waals surface area contributed by atoms with Crippen molar-refractivity contribution in [2.24, 2.45) is 0 Å². The largest absolute Gasteiger partial charge is 0.370 e. The fourth-order valence-electron chi connectivity index (χ4n) is 3.04. The average molecular weight is 321 g/mol. The van der Waals surface area contributed by atoms with Gasteiger partial charge in [0.15, 0.2) is 5.79 Å². The predicted molar refractivity (Wildman–Crippen MR) is 89.8 cm³/mol. The van der Waals surface area contributed by atoms with Crippen molar-refractivity contribution in [3.8, 4) is 0 Å². The van der Waals surface area contributed by atoms with Crippen LogP contribution in [0.4, 0.5) is 11.8 Å². The summed E-state index contributed by atoms with van der Waals surface area (Å²) < 4.78 is 11.5. The minimum Gasteiger partial charge on any atom is -0.370 e. The average Bonchev–Trinajstić information content (AvgIpc) is 3.01. The number of nitrogens with zero attached hydrogens (tertiary/aromatic N) is 4. The first kappa shape index (κ1) is 16.4. The van der Waals surface area contributed by atoms with Crippen LogP contribution in [-0.4, -0.2) is 74.1 Å². The Morgan fingerprint density at radius 1 is 1.26 bits per heavy atom. The zero-order chi connectivity index (χ0) is 16.1. The Labute approximate surface area is 138 Å². The number of aromatic nitrogens is 2. The van der Waals surface area contributed by atoms with E-state index in [-0.39, 0.29) is 5.79 Å². The van der Waals surface area contributed by atoms with Crippen LogP contribution in [0.2, 0.25) is 0 Å². The smallest absolute Gasteiger partial charge is 0.227 e. The highest BCUT2D eigenvalue weighted by molar-refractivity contribution is 5.41. The quantitative estimate of drug-likeness (QED) is 0.790. The zero-order valence-electron chi connectivity index (χ0n) is 14.1. The van der Waals surface area contributed by atoms with Gasteiger partial charge in [-0.25, -0.2) is 4.98 Å². The van der Waals surface area contributed by atoms with E-state index in [0.717, 1.165) is 57.2 Å². The molecule has 1 aromatic heterocycles. The van der Waals surface area contributed by atoms with Gasteiger partial charge in [0.2, 0.25) is 5.95 Å². The number of hydrogen-bond donors (Lipinski definition) is 1. The van der Waals surface area contributed by atoms with Crippen molar-refractivity contribution in [2.75, 3.05) is 63.7 Å². The molecule has 2 aliphatic rings. The van der Waals surface area contributed by atoms with Gasteiger partial charge in [-0.05, 0) is 33.1 Å². The number of hydrogen-bond acceptors (Lipinski definition) is 7. The summed E-state index contributed by atoms with van der Waals surface area (Å²) in [6, 6.07) is 1.92. The summed E-state index contributed by atoms with van der Waals surface area (Å²) in [6.07, 6.45) is 4.66. The molecule has 2 aliphatic heterocycles. The normalized spacial score (nSPS) is 20.4. The third kappa shape index (κ3) is 4.31. The topological polar surface area (TPSA) is 62.8 Å². The molecule has 0 amide bonds. The number of anilines is 2. The third-order valence-electron chi connectivity index (χ3n) is 4.35. The highest BCUT2D eigenvalue weighted by atomic mass is 16.7. The molecule has 0 unspecified atom stereocenters. The minimum absolute atomic E-state index is 0.349. The van der Waals surface area contributed by atoms with Crippen molar-refractivity contribution in [3.05, 3.63) is 12.3 Å². The molecule has 1 aromatic rings. The maximum absolute atomic E-state index is 5.77. The van der Waals surface area contributed by atoms with Gasteiger partial charge in [0.05, 0.1) is 13.2 Å². The molecule has 23 heavy (non-hydrogen) atoms. The summed E-state index contributed by atoms with van der Waals surface area (Å²) in [6.45, 7) is 5.14. The van der Waals surface area contributed by atoms with Crippen molar-refractivity contribution in [1.82, 2.24) is 14.9 Å². The Bertz CT molecular complexity index is 495. The van der Waals surface area contributed by atoms with E-state index in [0.29, 0.717) is 13.2 Å². The highest BCUT2D eigenvalue weighted by Crippen LogP contribution is 2.32. The molecular weight excluding hydrogens is 294 g/mol. The first-order valence-corrected chi connectivity index (χ1v) is 8.41. The summed E-state index contributed by atoms with van der Waals surface area (Å²) in [5.74, 6) is 1.33. The first-order valence-electron chi connectivity index (χ1n) is 8.41. The molecule has 1 N–H and O–H groups in total. The van der Waals surface area contributed by atoms with E-state index >= 15 is 0 Å². The lowest BCUT2D eigenvalue weighted by atomic mass is 10.0. The third-order valence-corrected chi connectivity index (χ3v) is 4.35. The first-order chi connectivity index (χ1) is 11.2. The molecule has 128 valence electrons. The van der Waals surface area contributed by atoms with Crippen LogP contribution in [0, 0.1) is 0 Å². The Balaban J connectivity index is 1.51. The summed E-state index contributed by atoms with van der Waals surface area (Å²) in [5.41, 5.74) is 0. The fourth-order valence-corrected chi connectivity index (χ4v) is 3.04. The summed E-state index contributed by atoms with van der Waals surface area (Å²) in [4.78, 5) is 13.5. The van der Waals surface area contributed by atoms with Crippen LogP contribution in [0.5, 0.6) is 0 Å². The van der Waals surface area contributed by atoms with E-state index in [1.165, 1.54) is 0 Å². The second-order valence-electron chi connectivity index (χ2n) is 6.42. The van der Waals surface area contributed by atoms with Gasteiger partial charge >= 0.3 is 0 Å². The lowest BCUT2D eigenvalue weighted by molar-refractivity contribution is -0.169. The van der Waals surface area contributed by atoms with Crippen LogP contribution in [0.1, 0.15) is 19.3 Å². The fraction of sp³-hybridized carbons (Fsp3) is 0.750. The summed E-state index contributed by atoms with van der Waals surface area (Å²) in [7, 11) is 4.17. The molecule has 0 atom stereocenters. The van der Waals surface area contributed by atoms with Gasteiger partial charge < -0.3 is 24.6 Å². The van der Waals surface area contributed by atoms with Gasteiger partial charge in [-0.2, -0.15) is 4.98 Å². The molecule has 7 heteroatoms. The van der Waals surface area contributed by atoms with E-state index in [2.05, 4.69) is 39.2 Å². The predicted octanol–water partition coefficient (Wildman–Crippen LogP) is 1.18. The van der Waals surface area contributed by atoms with Crippen molar-refractivity contribution >= 4 is 11.8 Å². The second kappa shape index (κ2) is 7.42. The van der Waals surface area contributed by atoms with E-state index in [9.17, 15) is 0 Å². The Hall–Kier alpha value is -1.44. The van der Waals surface area contributed by atoms with Gasteiger partial charge in [-0.1, -0.05) is 0 Å². The van der Waals surface area contributed by atoms with E-state index in [4.69, 9.17) is 9.47 Å². The molecule has 7 nitrogen and oxygen atoms in total. The van der Waals surface area contributed by atoms with Crippen molar-refractivity contribution in [2.45, 2.75) is 25.0 Å². The highest BCUT2D eigenvalue weighted by Gasteiger charge is 2.40. The standard InChI is InChI=1S/C16H27N5O2/c1-20(2)9-3-7-17-14-4-8-18-15(19-14)21-10-5-16(6-11-21)22-12-13-23-16/h4,8H,3,5-7,9-13H2,1-2H3,(H,17,18,19). The summed E-state index contributed by atoms with van der Waals surface area (Å²) >= 11 is 0. The zero-order valence-corrected chi connectivity index (χ0v) is 14.1. The van der Waals surface area contributed by atoms with Crippen LogP contribution in [0.3, 0.4) is 0 Å². The molecule has 3 heterocycles. The number of ether oxygens (including phenoxy) is 2. The van der Waals surface area contributed by atoms with Gasteiger partial charge in [0.25, 0.3) is 0 Å². The Kier molecular flexibility index (Phi) is 5.30. The van der Waals surface area contributed by atoms with Gasteiger partial charge in [0.1, 0.15) is 5.82 Å². The Morgan fingerprint density at radius 3 is 2.70 bits per heavy atom. The van der Waals surface area contributed by atoms with Gasteiger partial charge in [-0.15, -0.1) is 0 Å². The van der Waals surface area contributed by atoms with Crippen LogP contribution in [0.15, 0.2) is 12.3 Å². The second-order valence-corrected chi connectivity index (χ2v) is 6.42. The van der Waals surface area contributed by atoms with E-state index < -0.39 is 0 Å². The lowest BCUT2D eigenvalue weighted by Crippen LogP contribution is -2.45. The monoisotopic (exact) mass is 321 g/mol. The van der Waals surface area contributed by atoms with Crippen LogP contribution >= 0.6 is 0 Å². The minimum atomic E-state index is -0.349. The van der Waals surface area contributed by atoms with Crippen LogP contribution in [-0.2, 0) is 9.47 Å². The van der Waals surface area contributed by atoms with Crippen molar-refractivity contribution in [1.29, 1.82) is 0 Å². The van der Waals surface area contributed by atoms with Crippen molar-refractivity contribution in [3.63, 3.8) is 0 Å². The van der Waals surface area contributed by atoms with Crippen LogP contribution in [0.25, 0.3) is 0 Å². The molecule has 0 saturated carbocycles. The molecule has 2 saturated heterocycles. The van der Waals surface area contributed by atoms with Gasteiger partial charge in [-0.3, -0.25) is 0 Å². The molecule has 0 radical (unpaired) electrons.